The van der Waals surface area contributed by atoms with E-state index in [4.69, 9.17) is 5.26 Å². The molecule has 2 aromatic heterocycles. The molecule has 0 atom stereocenters. The number of fused-ring (bicyclic) bond motifs is 2. The number of hydrogen-bond acceptors (Lipinski definition) is 4. The fourth-order valence-corrected chi connectivity index (χ4v) is 3.61. The highest BCUT2D eigenvalue weighted by atomic mass is 32.1. The quantitative estimate of drug-likeness (QED) is 0.568. The van der Waals surface area contributed by atoms with Gasteiger partial charge in [0.2, 0.25) is 0 Å². The molecule has 0 amide bonds. The molecule has 0 spiro atoms. The summed E-state index contributed by atoms with van der Waals surface area (Å²) < 4.78 is 2.81. The number of hydrogen-bond donors (Lipinski definition) is 0. The molecule has 0 aliphatic rings. The molecule has 4 nitrogen and oxygen atoms in total. The van der Waals surface area contributed by atoms with Gasteiger partial charge >= 0.3 is 0 Å². The number of nitrogens with zero attached hydrogens (tertiary/aromatic N) is 3. The van der Waals surface area contributed by atoms with Crippen LogP contribution in [0.25, 0.3) is 21.0 Å². The van der Waals surface area contributed by atoms with Crippen LogP contribution in [-0.2, 0) is 6.54 Å². The first-order chi connectivity index (χ1) is 11.3. The first kappa shape index (κ1) is 13.7. The Kier molecular flexibility index (Phi) is 3.18. The van der Waals surface area contributed by atoms with Crippen LogP contribution in [0.15, 0.2) is 59.0 Å². The van der Waals surface area contributed by atoms with E-state index in [0.717, 1.165) is 5.56 Å². The van der Waals surface area contributed by atoms with Gasteiger partial charge in [0.25, 0.3) is 5.56 Å². The van der Waals surface area contributed by atoms with Crippen molar-refractivity contribution in [1.82, 2.24) is 9.55 Å². The lowest BCUT2D eigenvalue weighted by Crippen LogP contribution is -2.21. The Bertz CT molecular complexity index is 1130. The van der Waals surface area contributed by atoms with Crippen molar-refractivity contribution >= 4 is 32.3 Å². The molecule has 0 N–H and O–H groups in total. The Hall–Kier alpha value is -2.97. The fraction of sp³-hybridized carbons (Fsp3) is 0.0556. The number of nitriles is 1. The van der Waals surface area contributed by atoms with Crippen LogP contribution >= 0.6 is 11.3 Å². The van der Waals surface area contributed by atoms with Crippen molar-refractivity contribution in [3.63, 3.8) is 0 Å². The molecule has 4 rings (SSSR count). The Balaban J connectivity index is 1.84. The molecule has 0 unspecified atom stereocenters. The van der Waals surface area contributed by atoms with E-state index in [1.54, 1.807) is 40.4 Å². The highest BCUT2D eigenvalue weighted by molar-refractivity contribution is 7.17. The number of thiophene rings is 1. The highest BCUT2D eigenvalue weighted by Crippen LogP contribution is 2.25. The third-order valence-electron chi connectivity index (χ3n) is 3.86. The molecule has 0 saturated heterocycles. The summed E-state index contributed by atoms with van der Waals surface area (Å²) in [7, 11) is 0. The van der Waals surface area contributed by atoms with E-state index in [9.17, 15) is 4.79 Å². The maximum atomic E-state index is 12.7. The number of benzene rings is 2. The minimum Gasteiger partial charge on any atom is -0.294 e. The molecule has 0 bridgehead atoms. The maximum Gasteiger partial charge on any atom is 0.261 e. The second-order valence-corrected chi connectivity index (χ2v) is 6.19. The molecule has 110 valence electrons. The van der Waals surface area contributed by atoms with Gasteiger partial charge in [0, 0.05) is 4.70 Å². The second-order valence-electron chi connectivity index (χ2n) is 5.28. The smallest absolute Gasteiger partial charge is 0.261 e. The van der Waals surface area contributed by atoms with E-state index in [-0.39, 0.29) is 5.56 Å². The van der Waals surface area contributed by atoms with Gasteiger partial charge in [-0.2, -0.15) is 5.26 Å². The topological polar surface area (TPSA) is 58.7 Å². The van der Waals surface area contributed by atoms with Gasteiger partial charge in [-0.15, -0.1) is 11.3 Å². The third kappa shape index (κ3) is 2.30. The summed E-state index contributed by atoms with van der Waals surface area (Å²) in [6, 6.07) is 15.2. The molecule has 0 aliphatic carbocycles. The molecule has 2 heterocycles. The zero-order chi connectivity index (χ0) is 15.8. The second kappa shape index (κ2) is 5.34. The van der Waals surface area contributed by atoms with Crippen LogP contribution in [0.2, 0.25) is 0 Å². The molecule has 0 fully saturated rings. The van der Waals surface area contributed by atoms with Crippen molar-refractivity contribution in [1.29, 1.82) is 5.26 Å². The predicted octanol–water partition coefficient (Wildman–Crippen LogP) is 3.53. The lowest BCUT2D eigenvalue weighted by Gasteiger charge is -2.08. The molecule has 0 saturated carbocycles. The van der Waals surface area contributed by atoms with Crippen LogP contribution in [0.1, 0.15) is 11.1 Å². The SMILES string of the molecule is N#Cc1ccc2c(=O)n(Cc3cccc4ccsc34)cnc2c1. The van der Waals surface area contributed by atoms with Crippen LogP contribution in [0, 0.1) is 11.3 Å². The van der Waals surface area contributed by atoms with Crippen molar-refractivity contribution in [3.8, 4) is 6.07 Å². The molecule has 0 radical (unpaired) electrons. The van der Waals surface area contributed by atoms with Crippen molar-refractivity contribution in [3.05, 3.63) is 75.7 Å². The number of rotatable bonds is 2. The minimum atomic E-state index is -0.0898. The Morgan fingerprint density at radius 3 is 3.00 bits per heavy atom. The van der Waals surface area contributed by atoms with E-state index in [1.165, 1.54) is 10.1 Å². The fourth-order valence-electron chi connectivity index (χ4n) is 2.70. The summed E-state index contributed by atoms with van der Waals surface area (Å²) in [5.41, 5.74) is 2.08. The molecule has 4 aromatic rings. The summed E-state index contributed by atoms with van der Waals surface area (Å²) in [5.74, 6) is 0. The van der Waals surface area contributed by atoms with Gasteiger partial charge < -0.3 is 0 Å². The van der Waals surface area contributed by atoms with Gasteiger partial charge in [0.1, 0.15) is 0 Å². The molecule has 0 aliphatic heterocycles. The zero-order valence-corrected chi connectivity index (χ0v) is 12.9. The maximum absolute atomic E-state index is 12.7. The van der Waals surface area contributed by atoms with Crippen LogP contribution in [0.5, 0.6) is 0 Å². The van der Waals surface area contributed by atoms with E-state index < -0.39 is 0 Å². The van der Waals surface area contributed by atoms with Crippen LogP contribution in [-0.4, -0.2) is 9.55 Å². The van der Waals surface area contributed by atoms with Crippen LogP contribution in [0.4, 0.5) is 0 Å². The van der Waals surface area contributed by atoms with Crippen molar-refractivity contribution in [2.24, 2.45) is 0 Å². The largest absolute Gasteiger partial charge is 0.294 e. The first-order valence-electron chi connectivity index (χ1n) is 7.11. The van der Waals surface area contributed by atoms with Gasteiger partial charge in [-0.3, -0.25) is 9.36 Å². The van der Waals surface area contributed by atoms with E-state index >= 15 is 0 Å². The summed E-state index contributed by atoms with van der Waals surface area (Å²) in [6.45, 7) is 0.486. The zero-order valence-electron chi connectivity index (χ0n) is 12.1. The third-order valence-corrected chi connectivity index (χ3v) is 4.86. The van der Waals surface area contributed by atoms with Crippen molar-refractivity contribution in [2.75, 3.05) is 0 Å². The van der Waals surface area contributed by atoms with Gasteiger partial charge in [-0.1, -0.05) is 18.2 Å². The Morgan fingerprint density at radius 2 is 2.13 bits per heavy atom. The van der Waals surface area contributed by atoms with E-state index in [1.807, 2.05) is 12.1 Å². The van der Waals surface area contributed by atoms with Gasteiger partial charge in [-0.25, -0.2) is 4.98 Å². The minimum absolute atomic E-state index is 0.0898. The predicted molar refractivity (Wildman–Crippen MR) is 91.6 cm³/mol. The summed E-state index contributed by atoms with van der Waals surface area (Å²) in [6.07, 6.45) is 1.55. The van der Waals surface area contributed by atoms with Crippen molar-refractivity contribution in [2.45, 2.75) is 6.54 Å². The molecular formula is C18H11N3OS. The average Bonchev–Trinajstić information content (AvgIpc) is 3.06. The monoisotopic (exact) mass is 317 g/mol. The molecule has 2 aromatic carbocycles. The highest BCUT2D eigenvalue weighted by Gasteiger charge is 2.08. The lowest BCUT2D eigenvalue weighted by atomic mass is 10.1. The molecule has 23 heavy (non-hydrogen) atoms. The van der Waals surface area contributed by atoms with Gasteiger partial charge in [0.05, 0.1) is 35.4 Å². The summed E-state index contributed by atoms with van der Waals surface area (Å²) >= 11 is 1.68. The van der Waals surface area contributed by atoms with E-state index in [2.05, 4.69) is 28.6 Å². The van der Waals surface area contributed by atoms with Gasteiger partial charge in [-0.05, 0) is 40.6 Å². The standard InChI is InChI=1S/C18H11N3OS/c19-9-12-4-5-15-16(8-12)20-11-21(18(15)22)10-14-3-1-2-13-6-7-23-17(13)14/h1-8,11H,10H2. The van der Waals surface area contributed by atoms with Crippen LogP contribution < -0.4 is 5.56 Å². The number of aromatic nitrogens is 2. The lowest BCUT2D eigenvalue weighted by molar-refractivity contribution is 0.753. The molecular weight excluding hydrogens is 306 g/mol. The van der Waals surface area contributed by atoms with E-state index in [0.29, 0.717) is 23.0 Å². The van der Waals surface area contributed by atoms with Crippen molar-refractivity contribution < 1.29 is 0 Å². The normalized spacial score (nSPS) is 10.9. The Morgan fingerprint density at radius 1 is 1.22 bits per heavy atom. The van der Waals surface area contributed by atoms with Gasteiger partial charge in [0.15, 0.2) is 0 Å². The first-order valence-corrected chi connectivity index (χ1v) is 7.98. The van der Waals surface area contributed by atoms with Crippen LogP contribution in [0.3, 0.4) is 0 Å². The average molecular weight is 317 g/mol. The molecule has 5 heteroatoms. The summed E-state index contributed by atoms with van der Waals surface area (Å²) in [4.78, 5) is 17.0. The summed E-state index contributed by atoms with van der Waals surface area (Å²) in [5, 5.41) is 12.7. The Labute approximate surface area is 135 Å².